The van der Waals surface area contributed by atoms with Crippen LogP contribution in [0.4, 0.5) is 0 Å². The molecule has 0 atom stereocenters. The molecule has 5 nitrogen and oxygen atoms in total. The Morgan fingerprint density at radius 1 is 1.19 bits per heavy atom. The number of aryl methyl sites for hydroxylation is 1. The smallest absolute Gasteiger partial charge is 0.351 e. The first-order chi connectivity index (χ1) is 12.7. The number of nitrogens with zero attached hydrogens (tertiary/aromatic N) is 3. The molecule has 4 rings (SSSR count). The fourth-order valence-corrected chi connectivity index (χ4v) is 3.43. The molecule has 26 heavy (non-hydrogen) atoms. The molecular weight excluding hydrogens is 326 g/mol. The van der Waals surface area contributed by atoms with Crippen LogP contribution in [0.15, 0.2) is 53.3 Å². The van der Waals surface area contributed by atoms with Gasteiger partial charge in [-0.1, -0.05) is 36.4 Å². The number of rotatable bonds is 3. The summed E-state index contributed by atoms with van der Waals surface area (Å²) in [6, 6.07) is 17.8. The average molecular weight is 343 g/mol. The Labute approximate surface area is 151 Å². The summed E-state index contributed by atoms with van der Waals surface area (Å²) < 4.78 is 7.12. The molecule has 1 aliphatic rings. The van der Waals surface area contributed by atoms with Gasteiger partial charge in [0.05, 0.1) is 23.9 Å². The minimum absolute atomic E-state index is 0.282. The van der Waals surface area contributed by atoms with E-state index in [0.29, 0.717) is 24.6 Å². The Hall–Kier alpha value is -3.39. The van der Waals surface area contributed by atoms with E-state index in [1.807, 2.05) is 49.4 Å². The van der Waals surface area contributed by atoms with Gasteiger partial charge in [-0.2, -0.15) is 10.2 Å². The maximum absolute atomic E-state index is 12.3. The topological polar surface area (TPSA) is 67.9 Å². The SMILES string of the molecule is CCOc1cc2n(c(=O)n1)CCc1cc(-c3ccccc3C#N)ccc1-2. The van der Waals surface area contributed by atoms with Gasteiger partial charge in [0, 0.05) is 18.2 Å². The van der Waals surface area contributed by atoms with Crippen LogP contribution in [-0.2, 0) is 13.0 Å². The van der Waals surface area contributed by atoms with Gasteiger partial charge in [0.1, 0.15) is 0 Å². The zero-order valence-corrected chi connectivity index (χ0v) is 14.4. The molecule has 2 heterocycles. The van der Waals surface area contributed by atoms with Crippen LogP contribution in [0.3, 0.4) is 0 Å². The van der Waals surface area contributed by atoms with Crippen molar-refractivity contribution in [2.24, 2.45) is 0 Å². The number of hydrogen-bond donors (Lipinski definition) is 0. The lowest BCUT2D eigenvalue weighted by Gasteiger charge is -2.22. The summed E-state index contributed by atoms with van der Waals surface area (Å²) in [5, 5.41) is 9.35. The minimum Gasteiger partial charge on any atom is -0.478 e. The van der Waals surface area contributed by atoms with Crippen molar-refractivity contribution >= 4 is 0 Å². The van der Waals surface area contributed by atoms with Crippen LogP contribution in [-0.4, -0.2) is 16.2 Å². The lowest BCUT2D eigenvalue weighted by molar-refractivity contribution is 0.323. The molecular formula is C21H17N3O2. The van der Waals surface area contributed by atoms with Gasteiger partial charge in [-0.25, -0.2) is 4.79 Å². The predicted molar refractivity (Wildman–Crippen MR) is 99.0 cm³/mol. The Balaban J connectivity index is 1.85. The molecule has 2 aromatic carbocycles. The zero-order valence-electron chi connectivity index (χ0n) is 14.4. The van der Waals surface area contributed by atoms with E-state index >= 15 is 0 Å². The Bertz CT molecular complexity index is 1090. The van der Waals surface area contributed by atoms with Crippen molar-refractivity contribution in [1.29, 1.82) is 5.26 Å². The van der Waals surface area contributed by atoms with Gasteiger partial charge >= 0.3 is 5.69 Å². The second-order valence-electron chi connectivity index (χ2n) is 6.13. The van der Waals surface area contributed by atoms with Gasteiger partial charge in [0.15, 0.2) is 0 Å². The van der Waals surface area contributed by atoms with Gasteiger partial charge < -0.3 is 4.74 Å². The monoisotopic (exact) mass is 343 g/mol. The molecule has 0 unspecified atom stereocenters. The van der Waals surface area contributed by atoms with Crippen molar-refractivity contribution < 1.29 is 4.74 Å². The van der Waals surface area contributed by atoms with Crippen LogP contribution in [0.5, 0.6) is 5.88 Å². The van der Waals surface area contributed by atoms with Crippen LogP contribution in [0.1, 0.15) is 18.1 Å². The van der Waals surface area contributed by atoms with E-state index in [1.54, 1.807) is 4.57 Å². The highest BCUT2D eigenvalue weighted by atomic mass is 16.5. The lowest BCUT2D eigenvalue weighted by Crippen LogP contribution is -2.28. The summed E-state index contributed by atoms with van der Waals surface area (Å²) in [6.45, 7) is 2.92. The molecule has 0 saturated carbocycles. The number of ether oxygens (including phenoxy) is 1. The minimum atomic E-state index is -0.282. The van der Waals surface area contributed by atoms with Crippen molar-refractivity contribution in [2.75, 3.05) is 6.61 Å². The van der Waals surface area contributed by atoms with E-state index in [-0.39, 0.29) is 5.69 Å². The van der Waals surface area contributed by atoms with Crippen LogP contribution >= 0.6 is 0 Å². The van der Waals surface area contributed by atoms with Crippen molar-refractivity contribution in [3.8, 4) is 34.3 Å². The maximum Gasteiger partial charge on any atom is 0.351 e. The number of aromatic nitrogens is 2. The lowest BCUT2D eigenvalue weighted by atomic mass is 9.92. The number of fused-ring (bicyclic) bond motifs is 3. The first-order valence-electron chi connectivity index (χ1n) is 8.58. The van der Waals surface area contributed by atoms with E-state index in [4.69, 9.17) is 4.74 Å². The molecule has 0 aliphatic carbocycles. The van der Waals surface area contributed by atoms with Gasteiger partial charge in [-0.05, 0) is 36.1 Å². The summed E-state index contributed by atoms with van der Waals surface area (Å²) in [4.78, 5) is 16.3. The van der Waals surface area contributed by atoms with Crippen LogP contribution in [0, 0.1) is 11.3 Å². The molecule has 1 aromatic heterocycles. The molecule has 0 N–H and O–H groups in total. The molecule has 128 valence electrons. The third-order valence-electron chi connectivity index (χ3n) is 4.62. The van der Waals surface area contributed by atoms with E-state index in [0.717, 1.165) is 34.4 Å². The molecule has 0 fully saturated rings. The van der Waals surface area contributed by atoms with Crippen molar-refractivity contribution in [3.05, 3.63) is 70.1 Å². The normalized spacial score (nSPS) is 12.0. The van der Waals surface area contributed by atoms with Crippen LogP contribution < -0.4 is 10.4 Å². The Morgan fingerprint density at radius 3 is 2.85 bits per heavy atom. The highest BCUT2D eigenvalue weighted by Gasteiger charge is 2.20. The van der Waals surface area contributed by atoms with E-state index in [1.165, 1.54) is 0 Å². The highest BCUT2D eigenvalue weighted by molar-refractivity contribution is 5.76. The quantitative estimate of drug-likeness (QED) is 0.731. The third-order valence-corrected chi connectivity index (χ3v) is 4.62. The van der Waals surface area contributed by atoms with E-state index in [9.17, 15) is 10.1 Å². The van der Waals surface area contributed by atoms with Crippen molar-refractivity contribution in [3.63, 3.8) is 0 Å². The number of hydrogen-bond acceptors (Lipinski definition) is 4. The second kappa shape index (κ2) is 6.49. The van der Waals surface area contributed by atoms with Crippen LogP contribution in [0.2, 0.25) is 0 Å². The van der Waals surface area contributed by atoms with Crippen LogP contribution in [0.25, 0.3) is 22.4 Å². The number of benzene rings is 2. The molecule has 3 aromatic rings. The summed E-state index contributed by atoms with van der Waals surface area (Å²) in [5.41, 5.74) is 5.30. The molecule has 0 bridgehead atoms. The summed E-state index contributed by atoms with van der Waals surface area (Å²) in [7, 11) is 0. The molecule has 5 heteroatoms. The molecule has 0 spiro atoms. The largest absolute Gasteiger partial charge is 0.478 e. The zero-order chi connectivity index (χ0) is 18.1. The Morgan fingerprint density at radius 2 is 2.04 bits per heavy atom. The van der Waals surface area contributed by atoms with Crippen molar-refractivity contribution in [2.45, 2.75) is 19.9 Å². The summed E-state index contributed by atoms with van der Waals surface area (Å²) in [5.74, 6) is 0.357. The third kappa shape index (κ3) is 2.66. The fraction of sp³-hybridized carbons (Fsp3) is 0.190. The predicted octanol–water partition coefficient (Wildman–Crippen LogP) is 3.40. The van der Waals surface area contributed by atoms with Crippen molar-refractivity contribution in [1.82, 2.24) is 9.55 Å². The standard InChI is InChI=1S/C21H17N3O2/c1-2-26-20-12-19-18-8-7-14(17-6-4-3-5-16(17)13-22)11-15(18)9-10-24(19)21(25)23-20/h3-8,11-12H,2,9-10H2,1H3. The van der Waals surface area contributed by atoms with E-state index < -0.39 is 0 Å². The fourth-order valence-electron chi connectivity index (χ4n) is 3.43. The van der Waals surface area contributed by atoms with Gasteiger partial charge in [0.2, 0.25) is 5.88 Å². The average Bonchev–Trinajstić information content (AvgIpc) is 2.67. The summed E-state index contributed by atoms with van der Waals surface area (Å²) in [6.07, 6.45) is 0.750. The van der Waals surface area contributed by atoms with E-state index in [2.05, 4.69) is 17.1 Å². The van der Waals surface area contributed by atoms with Gasteiger partial charge in [0.25, 0.3) is 0 Å². The molecule has 1 aliphatic heterocycles. The molecule has 0 saturated heterocycles. The highest BCUT2D eigenvalue weighted by Crippen LogP contribution is 2.33. The van der Waals surface area contributed by atoms with Gasteiger partial charge in [-0.15, -0.1) is 0 Å². The molecule has 0 radical (unpaired) electrons. The number of nitriles is 1. The maximum atomic E-state index is 12.3. The Kier molecular flexibility index (Phi) is 4.02. The van der Waals surface area contributed by atoms with Gasteiger partial charge in [-0.3, -0.25) is 4.57 Å². The second-order valence-corrected chi connectivity index (χ2v) is 6.13. The summed E-state index contributed by atoms with van der Waals surface area (Å²) >= 11 is 0. The first kappa shape index (κ1) is 16.1. The first-order valence-corrected chi connectivity index (χ1v) is 8.58. The molecule has 0 amide bonds.